The molecule has 0 saturated heterocycles. The summed E-state index contributed by atoms with van der Waals surface area (Å²) < 4.78 is 11.2. The summed E-state index contributed by atoms with van der Waals surface area (Å²) in [4.78, 5) is 13.0. The van der Waals surface area contributed by atoms with Crippen LogP contribution in [0.1, 0.15) is 17.5 Å². The fourth-order valence-electron chi connectivity index (χ4n) is 3.15. The van der Waals surface area contributed by atoms with Crippen LogP contribution in [0.2, 0.25) is 0 Å². The van der Waals surface area contributed by atoms with E-state index in [0.29, 0.717) is 18.1 Å². The van der Waals surface area contributed by atoms with Crippen LogP contribution in [0.25, 0.3) is 6.08 Å². The predicted molar refractivity (Wildman–Crippen MR) is 102 cm³/mol. The van der Waals surface area contributed by atoms with Crippen LogP contribution >= 0.6 is 0 Å². The Bertz CT molecular complexity index is 800. The lowest BCUT2D eigenvalue weighted by atomic mass is 10.2. The molecule has 0 aromatic heterocycles. The Morgan fingerprint density at radius 2 is 2.08 bits per heavy atom. The maximum Gasteiger partial charge on any atom is 0.328 e. The molecular formula is C21H23NO4. The van der Waals surface area contributed by atoms with Crippen LogP contribution in [-0.2, 0) is 11.2 Å². The highest BCUT2D eigenvalue weighted by atomic mass is 16.5. The zero-order valence-electron chi connectivity index (χ0n) is 14.9. The number of hydrogen-bond donors (Lipinski definition) is 1. The minimum absolute atomic E-state index is 0.597. The minimum Gasteiger partial charge on any atom is -0.493 e. The first-order chi connectivity index (χ1) is 12.7. The van der Waals surface area contributed by atoms with E-state index < -0.39 is 5.97 Å². The molecule has 3 rings (SSSR count). The molecular weight excluding hydrogens is 330 g/mol. The van der Waals surface area contributed by atoms with Crippen molar-refractivity contribution >= 4 is 17.7 Å². The predicted octanol–water partition coefficient (Wildman–Crippen LogP) is 3.62. The first kappa shape index (κ1) is 17.9. The third kappa shape index (κ3) is 4.36. The number of carboxylic acids is 1. The van der Waals surface area contributed by atoms with Crippen LogP contribution in [0.15, 0.2) is 48.5 Å². The first-order valence-electron chi connectivity index (χ1n) is 8.72. The van der Waals surface area contributed by atoms with Gasteiger partial charge >= 0.3 is 5.97 Å². The van der Waals surface area contributed by atoms with Gasteiger partial charge in [-0.15, -0.1) is 0 Å². The Labute approximate surface area is 153 Å². The number of carbonyl (C=O) groups is 1. The van der Waals surface area contributed by atoms with E-state index in [0.717, 1.165) is 37.6 Å². The second kappa shape index (κ2) is 8.43. The van der Waals surface area contributed by atoms with E-state index in [4.69, 9.17) is 14.6 Å². The number of rotatable bonds is 8. The average Bonchev–Trinajstić information content (AvgIpc) is 3.07. The second-order valence-corrected chi connectivity index (χ2v) is 6.15. The van der Waals surface area contributed by atoms with Crippen LogP contribution in [0.4, 0.5) is 5.69 Å². The number of carboxylic acid groups (broad SMARTS) is 1. The van der Waals surface area contributed by atoms with Crippen molar-refractivity contribution in [1.29, 1.82) is 0 Å². The molecule has 2 aromatic rings. The van der Waals surface area contributed by atoms with Crippen LogP contribution in [0.3, 0.4) is 0 Å². The van der Waals surface area contributed by atoms with Gasteiger partial charge in [0.2, 0.25) is 0 Å². The van der Waals surface area contributed by atoms with Crippen LogP contribution < -0.4 is 14.4 Å². The molecule has 0 bridgehead atoms. The molecule has 1 aliphatic heterocycles. The van der Waals surface area contributed by atoms with Crippen molar-refractivity contribution in [3.8, 4) is 11.5 Å². The Hall–Kier alpha value is -2.95. The highest BCUT2D eigenvalue weighted by molar-refractivity contribution is 5.85. The van der Waals surface area contributed by atoms with Gasteiger partial charge in [0, 0.05) is 24.9 Å². The Morgan fingerprint density at radius 3 is 2.88 bits per heavy atom. The van der Waals surface area contributed by atoms with Crippen molar-refractivity contribution in [2.75, 3.05) is 31.7 Å². The van der Waals surface area contributed by atoms with Gasteiger partial charge in [-0.1, -0.05) is 24.3 Å². The largest absolute Gasteiger partial charge is 0.493 e. The molecule has 0 amide bonds. The third-order valence-corrected chi connectivity index (χ3v) is 4.42. The SMILES string of the molecule is COc1cc(/C=C/C(=O)O)ccc1OCCCN1CCc2ccccc21. The summed E-state index contributed by atoms with van der Waals surface area (Å²) in [6.07, 6.45) is 4.65. The summed E-state index contributed by atoms with van der Waals surface area (Å²) in [5, 5.41) is 8.70. The number of anilines is 1. The summed E-state index contributed by atoms with van der Waals surface area (Å²) in [6.45, 7) is 2.62. The van der Waals surface area contributed by atoms with Gasteiger partial charge in [0.05, 0.1) is 13.7 Å². The van der Waals surface area contributed by atoms with E-state index >= 15 is 0 Å². The van der Waals surface area contributed by atoms with Gasteiger partial charge in [-0.05, 0) is 48.2 Å². The smallest absolute Gasteiger partial charge is 0.328 e. The molecule has 0 fully saturated rings. The Kier molecular flexibility index (Phi) is 5.79. The van der Waals surface area contributed by atoms with Crippen molar-refractivity contribution in [1.82, 2.24) is 0 Å². The second-order valence-electron chi connectivity index (χ2n) is 6.15. The van der Waals surface area contributed by atoms with E-state index in [9.17, 15) is 4.79 Å². The molecule has 5 nitrogen and oxygen atoms in total. The standard InChI is InChI=1S/C21H23NO4/c1-25-20-15-16(8-10-21(23)24)7-9-19(20)26-14-4-12-22-13-11-17-5-2-3-6-18(17)22/h2-3,5-10,15H,4,11-14H2,1H3,(H,23,24)/b10-8+. The normalized spacial score (nSPS) is 13.0. The topological polar surface area (TPSA) is 59.0 Å². The molecule has 0 unspecified atom stereocenters. The molecule has 1 N–H and O–H groups in total. The lowest BCUT2D eigenvalue weighted by Crippen LogP contribution is -2.23. The molecule has 0 radical (unpaired) electrons. The molecule has 0 spiro atoms. The van der Waals surface area contributed by atoms with Crippen molar-refractivity contribution in [2.24, 2.45) is 0 Å². The van der Waals surface area contributed by atoms with Crippen molar-refractivity contribution in [3.63, 3.8) is 0 Å². The van der Waals surface area contributed by atoms with Gasteiger partial charge in [0.1, 0.15) is 0 Å². The lowest BCUT2D eigenvalue weighted by Gasteiger charge is -2.19. The number of para-hydroxylation sites is 1. The van der Waals surface area contributed by atoms with E-state index in [1.54, 1.807) is 13.2 Å². The Balaban J connectivity index is 1.53. The van der Waals surface area contributed by atoms with Gasteiger partial charge in [0.15, 0.2) is 11.5 Å². The number of nitrogens with zero attached hydrogens (tertiary/aromatic N) is 1. The van der Waals surface area contributed by atoms with Gasteiger partial charge in [-0.2, -0.15) is 0 Å². The maximum absolute atomic E-state index is 10.6. The van der Waals surface area contributed by atoms with Gasteiger partial charge in [-0.25, -0.2) is 4.79 Å². The first-order valence-corrected chi connectivity index (χ1v) is 8.72. The quantitative estimate of drug-likeness (QED) is 0.580. The number of methoxy groups -OCH3 is 1. The van der Waals surface area contributed by atoms with Crippen molar-refractivity contribution in [2.45, 2.75) is 12.8 Å². The molecule has 136 valence electrons. The molecule has 5 heteroatoms. The number of benzene rings is 2. The summed E-state index contributed by atoms with van der Waals surface area (Å²) in [5.41, 5.74) is 3.50. The monoisotopic (exact) mass is 353 g/mol. The fraction of sp³-hybridized carbons (Fsp3) is 0.286. The molecule has 0 saturated carbocycles. The lowest BCUT2D eigenvalue weighted by molar-refractivity contribution is -0.131. The average molecular weight is 353 g/mol. The zero-order valence-corrected chi connectivity index (χ0v) is 14.9. The van der Waals surface area contributed by atoms with Gasteiger partial charge in [0.25, 0.3) is 0 Å². The summed E-state index contributed by atoms with van der Waals surface area (Å²) in [5.74, 6) is 0.290. The molecule has 1 heterocycles. The summed E-state index contributed by atoms with van der Waals surface area (Å²) in [7, 11) is 1.58. The van der Waals surface area contributed by atoms with Crippen molar-refractivity contribution < 1.29 is 19.4 Å². The fourth-order valence-corrected chi connectivity index (χ4v) is 3.15. The number of fused-ring (bicyclic) bond motifs is 1. The van der Waals surface area contributed by atoms with E-state index in [2.05, 4.69) is 29.2 Å². The third-order valence-electron chi connectivity index (χ3n) is 4.42. The molecule has 0 atom stereocenters. The summed E-state index contributed by atoms with van der Waals surface area (Å²) >= 11 is 0. The highest BCUT2D eigenvalue weighted by Crippen LogP contribution is 2.29. The molecule has 0 aliphatic carbocycles. The van der Waals surface area contributed by atoms with E-state index in [-0.39, 0.29) is 0 Å². The molecule has 26 heavy (non-hydrogen) atoms. The van der Waals surface area contributed by atoms with Gasteiger partial charge in [-0.3, -0.25) is 0 Å². The zero-order chi connectivity index (χ0) is 18.4. The van der Waals surface area contributed by atoms with Gasteiger partial charge < -0.3 is 19.5 Å². The Morgan fingerprint density at radius 1 is 1.23 bits per heavy atom. The van der Waals surface area contributed by atoms with E-state index in [1.165, 1.54) is 17.3 Å². The number of hydrogen-bond acceptors (Lipinski definition) is 4. The number of aliphatic carboxylic acids is 1. The number of ether oxygens (including phenoxy) is 2. The maximum atomic E-state index is 10.6. The highest BCUT2D eigenvalue weighted by Gasteiger charge is 2.17. The molecule has 1 aliphatic rings. The van der Waals surface area contributed by atoms with Crippen LogP contribution in [-0.4, -0.2) is 37.9 Å². The molecule has 2 aromatic carbocycles. The van der Waals surface area contributed by atoms with Crippen LogP contribution in [0, 0.1) is 0 Å². The minimum atomic E-state index is -0.979. The van der Waals surface area contributed by atoms with Crippen LogP contribution in [0.5, 0.6) is 11.5 Å². The van der Waals surface area contributed by atoms with E-state index in [1.807, 2.05) is 12.1 Å². The summed E-state index contributed by atoms with van der Waals surface area (Å²) in [6, 6.07) is 13.9. The van der Waals surface area contributed by atoms with Crippen molar-refractivity contribution in [3.05, 3.63) is 59.7 Å².